The first kappa shape index (κ1) is 16.4. The van der Waals surface area contributed by atoms with Crippen LogP contribution in [0.2, 0.25) is 0 Å². The van der Waals surface area contributed by atoms with Crippen LogP contribution < -0.4 is 0 Å². The van der Waals surface area contributed by atoms with Crippen molar-refractivity contribution in [3.8, 4) is 0 Å². The first-order valence-electron chi connectivity index (χ1n) is 7.88. The number of rotatable bonds is 2. The largest absolute Gasteiger partial charge is 0.370 e. The molecule has 1 aromatic carbocycles. The van der Waals surface area contributed by atoms with Crippen molar-refractivity contribution in [1.82, 2.24) is 9.21 Å². The topological polar surface area (TPSA) is 66.9 Å². The second kappa shape index (κ2) is 6.22. The average molecular weight is 338 g/mol. The molecule has 2 aliphatic heterocycles. The molecule has 1 amide bonds. The Hall–Kier alpha value is -1.44. The molecule has 2 fully saturated rings. The van der Waals surface area contributed by atoms with E-state index in [9.17, 15) is 13.2 Å². The number of amides is 1. The Morgan fingerprint density at radius 2 is 1.91 bits per heavy atom. The highest BCUT2D eigenvalue weighted by molar-refractivity contribution is 7.89. The van der Waals surface area contributed by atoms with Crippen LogP contribution >= 0.6 is 0 Å². The second-order valence-corrected chi connectivity index (χ2v) is 8.17. The van der Waals surface area contributed by atoms with Crippen molar-refractivity contribution in [2.75, 3.05) is 32.8 Å². The molecule has 6 nitrogen and oxygen atoms in total. The fraction of sp³-hybridized carbons (Fsp3) is 0.562. The van der Waals surface area contributed by atoms with Crippen LogP contribution in [0.3, 0.4) is 0 Å². The molecular formula is C16H22N2O4S. The van der Waals surface area contributed by atoms with E-state index < -0.39 is 15.6 Å². The van der Waals surface area contributed by atoms with E-state index in [1.54, 1.807) is 42.2 Å². The molecular weight excluding hydrogens is 316 g/mol. The summed E-state index contributed by atoms with van der Waals surface area (Å²) in [5.74, 6) is 0.00992. The first-order valence-corrected chi connectivity index (χ1v) is 9.32. The molecule has 0 aromatic heterocycles. The van der Waals surface area contributed by atoms with E-state index in [2.05, 4.69) is 0 Å². The molecule has 0 N–H and O–H groups in total. The number of benzene rings is 1. The van der Waals surface area contributed by atoms with Crippen molar-refractivity contribution in [2.45, 2.75) is 30.3 Å². The van der Waals surface area contributed by atoms with Gasteiger partial charge in [-0.15, -0.1) is 0 Å². The maximum atomic E-state index is 12.8. The number of nitrogens with zero attached hydrogens (tertiary/aromatic N) is 2. The van der Waals surface area contributed by atoms with Crippen LogP contribution in [0.5, 0.6) is 0 Å². The Morgan fingerprint density at radius 1 is 1.17 bits per heavy atom. The molecule has 126 valence electrons. The van der Waals surface area contributed by atoms with Gasteiger partial charge in [-0.25, -0.2) is 8.42 Å². The van der Waals surface area contributed by atoms with Gasteiger partial charge in [-0.1, -0.05) is 18.2 Å². The van der Waals surface area contributed by atoms with Crippen molar-refractivity contribution >= 4 is 15.9 Å². The zero-order valence-electron chi connectivity index (χ0n) is 13.3. The van der Waals surface area contributed by atoms with E-state index in [1.165, 1.54) is 4.31 Å². The third-order valence-electron chi connectivity index (χ3n) is 4.58. The van der Waals surface area contributed by atoms with Crippen LogP contribution in [-0.2, 0) is 19.6 Å². The van der Waals surface area contributed by atoms with Gasteiger partial charge in [-0.05, 0) is 25.0 Å². The number of hydrogen-bond donors (Lipinski definition) is 0. The average Bonchev–Trinajstić information content (AvgIpc) is 2.56. The summed E-state index contributed by atoms with van der Waals surface area (Å²) in [5.41, 5.74) is -0.579. The van der Waals surface area contributed by atoms with Gasteiger partial charge in [0.05, 0.1) is 23.6 Å². The summed E-state index contributed by atoms with van der Waals surface area (Å²) in [4.78, 5) is 13.7. The van der Waals surface area contributed by atoms with Crippen LogP contribution in [0.1, 0.15) is 19.8 Å². The summed E-state index contributed by atoms with van der Waals surface area (Å²) in [6, 6.07) is 8.47. The lowest BCUT2D eigenvalue weighted by Crippen LogP contribution is -2.61. The van der Waals surface area contributed by atoms with Gasteiger partial charge in [0.25, 0.3) is 0 Å². The minimum atomic E-state index is -3.53. The van der Waals surface area contributed by atoms with Gasteiger partial charge in [0.2, 0.25) is 15.9 Å². The second-order valence-electron chi connectivity index (χ2n) is 6.23. The van der Waals surface area contributed by atoms with Gasteiger partial charge < -0.3 is 9.64 Å². The third kappa shape index (κ3) is 3.27. The molecule has 2 heterocycles. The minimum Gasteiger partial charge on any atom is -0.370 e. The summed E-state index contributed by atoms with van der Waals surface area (Å²) >= 11 is 0. The molecule has 0 radical (unpaired) electrons. The number of carbonyl (C=O) groups is 1. The van der Waals surface area contributed by atoms with Crippen molar-refractivity contribution in [3.05, 3.63) is 30.3 Å². The molecule has 23 heavy (non-hydrogen) atoms. The number of piperidine rings is 1. The van der Waals surface area contributed by atoms with E-state index >= 15 is 0 Å². The smallest absolute Gasteiger partial charge is 0.243 e. The Kier molecular flexibility index (Phi) is 4.44. The SMILES string of the molecule is CC(=O)N1CCO[C@]2(CCCN(S(=O)(=O)c3ccccc3)C2)C1. The third-order valence-corrected chi connectivity index (χ3v) is 6.44. The molecule has 1 atom stereocenters. The number of sulfonamides is 1. The summed E-state index contributed by atoms with van der Waals surface area (Å²) in [5, 5.41) is 0. The quantitative estimate of drug-likeness (QED) is 0.810. The van der Waals surface area contributed by atoms with Gasteiger partial charge in [0, 0.05) is 26.6 Å². The monoisotopic (exact) mass is 338 g/mol. The van der Waals surface area contributed by atoms with E-state index in [-0.39, 0.29) is 5.91 Å². The lowest BCUT2D eigenvalue weighted by molar-refractivity contribution is -0.155. The van der Waals surface area contributed by atoms with Crippen molar-refractivity contribution in [2.24, 2.45) is 0 Å². The fourth-order valence-electron chi connectivity index (χ4n) is 3.36. The lowest BCUT2D eigenvalue weighted by atomic mass is 9.92. The predicted octanol–water partition coefficient (Wildman–Crippen LogP) is 1.09. The Bertz CT molecular complexity index is 673. The van der Waals surface area contributed by atoms with Crippen molar-refractivity contribution in [1.29, 1.82) is 0 Å². The van der Waals surface area contributed by atoms with E-state index in [1.807, 2.05) is 0 Å². The molecule has 0 saturated carbocycles. The summed E-state index contributed by atoms with van der Waals surface area (Å²) in [7, 11) is -3.53. The van der Waals surface area contributed by atoms with Crippen molar-refractivity contribution in [3.63, 3.8) is 0 Å². The maximum Gasteiger partial charge on any atom is 0.243 e. The standard InChI is InChI=1S/C16H22N2O4S/c1-14(19)17-10-11-22-16(12-17)8-5-9-18(13-16)23(20,21)15-6-3-2-4-7-15/h2-4,6-7H,5,8-13H2,1H3/t16-/m1/s1. The predicted molar refractivity (Wildman–Crippen MR) is 85.4 cm³/mol. The fourth-order valence-corrected chi connectivity index (χ4v) is 4.94. The van der Waals surface area contributed by atoms with Gasteiger partial charge in [0.1, 0.15) is 0 Å². The maximum absolute atomic E-state index is 12.8. The highest BCUT2D eigenvalue weighted by Crippen LogP contribution is 2.31. The molecule has 2 aliphatic rings. The molecule has 7 heteroatoms. The molecule has 1 spiro atoms. The van der Waals surface area contributed by atoms with Gasteiger partial charge >= 0.3 is 0 Å². The number of ether oxygens (including phenoxy) is 1. The van der Waals surface area contributed by atoms with Gasteiger partial charge in [-0.2, -0.15) is 4.31 Å². The molecule has 3 rings (SSSR count). The number of carbonyl (C=O) groups excluding carboxylic acids is 1. The van der Waals surface area contributed by atoms with Crippen LogP contribution in [0.15, 0.2) is 35.2 Å². The Balaban J connectivity index is 1.82. The zero-order chi connectivity index (χ0) is 16.5. The highest BCUT2D eigenvalue weighted by Gasteiger charge is 2.44. The van der Waals surface area contributed by atoms with Crippen LogP contribution in [-0.4, -0.2) is 61.9 Å². The van der Waals surface area contributed by atoms with E-state index in [0.29, 0.717) is 37.7 Å². The van der Waals surface area contributed by atoms with Crippen LogP contribution in [0.25, 0.3) is 0 Å². The molecule has 1 aromatic rings. The molecule has 0 unspecified atom stereocenters. The lowest BCUT2D eigenvalue weighted by Gasteiger charge is -2.47. The number of morpholine rings is 1. The summed E-state index contributed by atoms with van der Waals surface area (Å²) < 4.78 is 33.1. The zero-order valence-corrected chi connectivity index (χ0v) is 14.1. The molecule has 2 saturated heterocycles. The molecule has 0 aliphatic carbocycles. The van der Waals surface area contributed by atoms with Crippen LogP contribution in [0, 0.1) is 0 Å². The Labute approximate surface area is 137 Å². The normalized spacial score (nSPS) is 26.4. The minimum absolute atomic E-state index is 0.00992. The summed E-state index contributed by atoms with van der Waals surface area (Å²) in [6.45, 7) is 3.82. The van der Waals surface area contributed by atoms with Crippen LogP contribution in [0.4, 0.5) is 0 Å². The number of hydrogen-bond acceptors (Lipinski definition) is 4. The van der Waals surface area contributed by atoms with Gasteiger partial charge in [0.15, 0.2) is 0 Å². The van der Waals surface area contributed by atoms with Crippen molar-refractivity contribution < 1.29 is 17.9 Å². The Morgan fingerprint density at radius 3 is 2.61 bits per heavy atom. The highest BCUT2D eigenvalue weighted by atomic mass is 32.2. The first-order chi connectivity index (χ1) is 10.9. The molecule has 0 bridgehead atoms. The van der Waals surface area contributed by atoms with Gasteiger partial charge in [-0.3, -0.25) is 4.79 Å². The van der Waals surface area contributed by atoms with E-state index in [4.69, 9.17) is 4.74 Å². The van der Waals surface area contributed by atoms with E-state index in [0.717, 1.165) is 12.8 Å². The summed E-state index contributed by atoms with van der Waals surface area (Å²) in [6.07, 6.45) is 1.51.